The van der Waals surface area contributed by atoms with Crippen molar-refractivity contribution in [1.82, 2.24) is 0 Å². The van der Waals surface area contributed by atoms with E-state index in [1.54, 1.807) is 0 Å². The van der Waals surface area contributed by atoms with Crippen molar-refractivity contribution in [1.29, 1.82) is 0 Å². The zero-order valence-corrected chi connectivity index (χ0v) is 8.70. The highest BCUT2D eigenvalue weighted by Gasteiger charge is 2.40. The van der Waals surface area contributed by atoms with Gasteiger partial charge in [-0.3, -0.25) is 4.79 Å². The molecule has 2 rings (SSSR count). The van der Waals surface area contributed by atoms with E-state index in [0.29, 0.717) is 5.92 Å². The Morgan fingerprint density at radius 3 is 2.50 bits per heavy atom. The second kappa shape index (κ2) is 4.30. The van der Waals surface area contributed by atoms with Crippen molar-refractivity contribution in [3.05, 3.63) is 0 Å². The van der Waals surface area contributed by atoms with Gasteiger partial charge in [-0.05, 0) is 18.8 Å². The van der Waals surface area contributed by atoms with Gasteiger partial charge in [0.1, 0.15) is 12.2 Å². The SMILES string of the molecule is CC(=O)OC(C1CCCCC1)C1CO1. The summed E-state index contributed by atoms with van der Waals surface area (Å²) in [5.41, 5.74) is 0. The van der Waals surface area contributed by atoms with E-state index in [-0.39, 0.29) is 18.2 Å². The van der Waals surface area contributed by atoms with Crippen LogP contribution in [0.2, 0.25) is 0 Å². The van der Waals surface area contributed by atoms with E-state index in [9.17, 15) is 4.79 Å². The fraction of sp³-hybridized carbons (Fsp3) is 0.909. The molecular formula is C11H18O3. The van der Waals surface area contributed by atoms with Crippen molar-refractivity contribution in [2.45, 2.75) is 51.2 Å². The van der Waals surface area contributed by atoms with Crippen LogP contribution in [0.4, 0.5) is 0 Å². The Hall–Kier alpha value is -0.570. The van der Waals surface area contributed by atoms with Gasteiger partial charge in [-0.1, -0.05) is 19.3 Å². The van der Waals surface area contributed by atoms with E-state index in [2.05, 4.69) is 0 Å². The molecule has 0 aromatic rings. The van der Waals surface area contributed by atoms with Crippen molar-refractivity contribution in [3.63, 3.8) is 0 Å². The summed E-state index contributed by atoms with van der Waals surface area (Å²) in [5, 5.41) is 0. The van der Waals surface area contributed by atoms with Gasteiger partial charge in [-0.15, -0.1) is 0 Å². The molecule has 0 spiro atoms. The zero-order chi connectivity index (χ0) is 9.97. The molecule has 0 N–H and O–H groups in total. The maximum atomic E-state index is 11.0. The molecule has 0 aromatic heterocycles. The predicted molar refractivity (Wildman–Crippen MR) is 51.9 cm³/mol. The van der Waals surface area contributed by atoms with Gasteiger partial charge in [0, 0.05) is 6.92 Å². The van der Waals surface area contributed by atoms with Crippen LogP contribution in [0.15, 0.2) is 0 Å². The third-order valence-electron chi connectivity index (χ3n) is 3.14. The summed E-state index contributed by atoms with van der Waals surface area (Å²) < 4.78 is 10.6. The topological polar surface area (TPSA) is 38.8 Å². The van der Waals surface area contributed by atoms with Gasteiger partial charge in [-0.2, -0.15) is 0 Å². The molecule has 14 heavy (non-hydrogen) atoms. The van der Waals surface area contributed by atoms with Gasteiger partial charge in [-0.25, -0.2) is 0 Å². The monoisotopic (exact) mass is 198 g/mol. The molecule has 0 aromatic carbocycles. The number of epoxide rings is 1. The number of carbonyl (C=O) groups is 1. The largest absolute Gasteiger partial charge is 0.459 e. The van der Waals surface area contributed by atoms with Gasteiger partial charge >= 0.3 is 5.97 Å². The molecule has 1 aliphatic heterocycles. The second-order valence-electron chi connectivity index (χ2n) is 4.34. The minimum Gasteiger partial charge on any atom is -0.459 e. The van der Waals surface area contributed by atoms with Crippen LogP contribution in [0, 0.1) is 5.92 Å². The van der Waals surface area contributed by atoms with E-state index in [1.807, 2.05) is 0 Å². The summed E-state index contributed by atoms with van der Waals surface area (Å²) in [4.78, 5) is 11.0. The third kappa shape index (κ3) is 2.47. The Morgan fingerprint density at radius 1 is 1.36 bits per heavy atom. The lowest BCUT2D eigenvalue weighted by Gasteiger charge is -2.28. The number of ether oxygens (including phenoxy) is 2. The minimum absolute atomic E-state index is 0.0350. The van der Waals surface area contributed by atoms with E-state index in [4.69, 9.17) is 9.47 Å². The Labute approximate surface area is 84.8 Å². The van der Waals surface area contributed by atoms with Crippen LogP contribution in [0.25, 0.3) is 0 Å². The first-order chi connectivity index (χ1) is 6.77. The maximum Gasteiger partial charge on any atom is 0.303 e. The number of esters is 1. The predicted octanol–water partition coefficient (Wildman–Crippen LogP) is 1.90. The first-order valence-corrected chi connectivity index (χ1v) is 5.56. The molecule has 0 radical (unpaired) electrons. The highest BCUT2D eigenvalue weighted by Crippen LogP contribution is 2.33. The van der Waals surface area contributed by atoms with Crippen LogP contribution >= 0.6 is 0 Å². The van der Waals surface area contributed by atoms with Crippen LogP contribution in [-0.2, 0) is 14.3 Å². The van der Waals surface area contributed by atoms with Gasteiger partial charge in [0.05, 0.1) is 6.61 Å². The number of rotatable bonds is 3. The average molecular weight is 198 g/mol. The van der Waals surface area contributed by atoms with E-state index < -0.39 is 0 Å². The lowest BCUT2D eigenvalue weighted by atomic mass is 9.84. The zero-order valence-electron chi connectivity index (χ0n) is 8.70. The average Bonchev–Trinajstić information content (AvgIpc) is 2.99. The molecule has 1 saturated carbocycles. The molecule has 3 heteroatoms. The van der Waals surface area contributed by atoms with Gasteiger partial charge in [0.2, 0.25) is 0 Å². The standard InChI is InChI=1S/C11H18O3/c1-8(12)14-11(10-7-13-10)9-5-3-2-4-6-9/h9-11H,2-7H2,1H3. The molecule has 0 bridgehead atoms. The van der Waals surface area contributed by atoms with E-state index in [0.717, 1.165) is 6.61 Å². The van der Waals surface area contributed by atoms with Gasteiger partial charge in [0.15, 0.2) is 0 Å². The summed E-state index contributed by atoms with van der Waals surface area (Å²) in [7, 11) is 0. The fourth-order valence-corrected chi connectivity index (χ4v) is 2.38. The molecule has 1 saturated heterocycles. The maximum absolute atomic E-state index is 11.0. The quantitative estimate of drug-likeness (QED) is 0.513. The highest BCUT2D eigenvalue weighted by molar-refractivity contribution is 5.66. The summed E-state index contributed by atoms with van der Waals surface area (Å²) in [6, 6.07) is 0. The number of hydrogen-bond donors (Lipinski definition) is 0. The molecule has 80 valence electrons. The van der Waals surface area contributed by atoms with E-state index >= 15 is 0 Å². The second-order valence-corrected chi connectivity index (χ2v) is 4.34. The molecule has 3 nitrogen and oxygen atoms in total. The minimum atomic E-state index is -0.170. The van der Waals surface area contributed by atoms with Crippen molar-refractivity contribution >= 4 is 5.97 Å². The van der Waals surface area contributed by atoms with Crippen LogP contribution in [-0.4, -0.2) is 24.8 Å². The molecule has 2 aliphatic rings. The Bertz CT molecular complexity index is 205. The van der Waals surface area contributed by atoms with Crippen molar-refractivity contribution in [2.24, 2.45) is 5.92 Å². The molecule has 2 fully saturated rings. The lowest BCUT2D eigenvalue weighted by Crippen LogP contribution is -2.32. The number of carbonyl (C=O) groups excluding carboxylic acids is 1. The number of hydrogen-bond acceptors (Lipinski definition) is 3. The first kappa shape index (κ1) is 9.97. The smallest absolute Gasteiger partial charge is 0.303 e. The Kier molecular flexibility index (Phi) is 3.06. The highest BCUT2D eigenvalue weighted by atomic mass is 16.6. The molecule has 2 unspecified atom stereocenters. The van der Waals surface area contributed by atoms with Crippen molar-refractivity contribution in [3.8, 4) is 0 Å². The normalized spacial score (nSPS) is 29.6. The van der Waals surface area contributed by atoms with Crippen molar-refractivity contribution in [2.75, 3.05) is 6.61 Å². The van der Waals surface area contributed by atoms with Gasteiger partial charge in [0.25, 0.3) is 0 Å². The van der Waals surface area contributed by atoms with Crippen molar-refractivity contribution < 1.29 is 14.3 Å². The van der Waals surface area contributed by atoms with Crippen LogP contribution in [0.5, 0.6) is 0 Å². The van der Waals surface area contributed by atoms with Gasteiger partial charge < -0.3 is 9.47 Å². The summed E-state index contributed by atoms with van der Waals surface area (Å²) in [6.45, 7) is 2.26. The molecule has 2 atom stereocenters. The first-order valence-electron chi connectivity index (χ1n) is 5.56. The fourth-order valence-electron chi connectivity index (χ4n) is 2.38. The molecular weight excluding hydrogens is 180 g/mol. The van der Waals surface area contributed by atoms with Crippen LogP contribution in [0.1, 0.15) is 39.0 Å². The molecule has 1 aliphatic carbocycles. The van der Waals surface area contributed by atoms with Crippen LogP contribution in [0.3, 0.4) is 0 Å². The van der Waals surface area contributed by atoms with E-state index in [1.165, 1.54) is 39.0 Å². The lowest BCUT2D eigenvalue weighted by molar-refractivity contribution is -0.151. The van der Waals surface area contributed by atoms with Crippen LogP contribution < -0.4 is 0 Å². The Morgan fingerprint density at radius 2 is 2.00 bits per heavy atom. The summed E-state index contributed by atoms with van der Waals surface area (Å²) >= 11 is 0. The molecule has 1 heterocycles. The molecule has 0 amide bonds. The third-order valence-corrected chi connectivity index (χ3v) is 3.14. The Balaban J connectivity index is 1.90. The summed E-state index contributed by atoms with van der Waals surface area (Å²) in [5.74, 6) is 0.372. The summed E-state index contributed by atoms with van der Waals surface area (Å²) in [6.07, 6.45) is 6.49.